The molecule has 5 nitrogen and oxygen atoms in total. The van der Waals surface area contributed by atoms with E-state index in [1.54, 1.807) is 0 Å². The van der Waals surface area contributed by atoms with Crippen LogP contribution in [0.15, 0.2) is 29.8 Å². The third-order valence-corrected chi connectivity index (χ3v) is 6.35. The van der Waals surface area contributed by atoms with Gasteiger partial charge in [-0.1, -0.05) is 20.8 Å². The predicted octanol–water partition coefficient (Wildman–Crippen LogP) is 3.45. The summed E-state index contributed by atoms with van der Waals surface area (Å²) < 4.78 is 28.0. The van der Waals surface area contributed by atoms with Gasteiger partial charge in [-0.05, 0) is 65.7 Å². The van der Waals surface area contributed by atoms with Crippen LogP contribution in [0.1, 0.15) is 39.2 Å². The summed E-state index contributed by atoms with van der Waals surface area (Å²) in [5, 5.41) is 0. The normalized spacial score (nSPS) is 28.2. The minimum Gasteiger partial charge on any atom is -0.748 e. The second-order valence-electron chi connectivity index (χ2n) is 9.38. The number of hydrogen-bond donors (Lipinski definition) is 0. The molecule has 0 aromatic heterocycles. The number of fused-ring (bicyclic) bond motifs is 2. The summed E-state index contributed by atoms with van der Waals surface area (Å²) in [7, 11) is 2.57. The van der Waals surface area contributed by atoms with Crippen molar-refractivity contribution in [2.75, 3.05) is 27.4 Å². The smallest absolute Gasteiger partial charge is 0.165 e. The van der Waals surface area contributed by atoms with E-state index in [9.17, 15) is 4.79 Å². The van der Waals surface area contributed by atoms with Crippen molar-refractivity contribution >= 4 is 27.7 Å². The van der Waals surface area contributed by atoms with Crippen LogP contribution in [0.5, 0.6) is 0 Å². The molecule has 2 bridgehead atoms. The molecular formula is C21H31NO4S. The first kappa shape index (κ1) is 21.8. The zero-order valence-electron chi connectivity index (χ0n) is 17.4. The number of Topliss-reactive ketones (excluding diaryl/α,β-unsaturated/α-hetero) is 1. The number of nitrogens with zero attached hydrogens (tertiary/aromatic N) is 1. The maximum atomic E-state index is 12.9. The van der Waals surface area contributed by atoms with Gasteiger partial charge >= 0.3 is 0 Å². The van der Waals surface area contributed by atoms with Gasteiger partial charge in [-0.25, -0.2) is 8.42 Å². The Morgan fingerprint density at radius 1 is 1.11 bits per heavy atom. The van der Waals surface area contributed by atoms with E-state index in [0.717, 1.165) is 28.5 Å². The van der Waals surface area contributed by atoms with Crippen molar-refractivity contribution in [3.8, 4) is 0 Å². The lowest BCUT2D eigenvalue weighted by molar-refractivity contribution is -0.125. The highest BCUT2D eigenvalue weighted by Crippen LogP contribution is 2.65. The Labute approximate surface area is 163 Å². The number of quaternary nitrogens is 1. The molecule has 27 heavy (non-hydrogen) atoms. The third-order valence-electron chi connectivity index (χ3n) is 6.35. The van der Waals surface area contributed by atoms with Crippen LogP contribution in [0.3, 0.4) is 0 Å². The average molecular weight is 394 g/mol. The number of benzene rings is 1. The summed E-state index contributed by atoms with van der Waals surface area (Å²) in [6.45, 7) is 6.70. The maximum absolute atomic E-state index is 12.9. The number of allylic oxidation sites excluding steroid dienone is 1. The Morgan fingerprint density at radius 3 is 1.96 bits per heavy atom. The van der Waals surface area contributed by atoms with Crippen LogP contribution in [0.4, 0.5) is 5.69 Å². The molecule has 0 heterocycles. The lowest BCUT2D eigenvalue weighted by Gasteiger charge is -2.31. The number of rotatable bonds is 2. The number of ketones is 1. The first-order chi connectivity index (χ1) is 12.1. The fourth-order valence-electron chi connectivity index (χ4n) is 4.29. The zero-order chi connectivity index (χ0) is 20.8. The van der Waals surface area contributed by atoms with Crippen molar-refractivity contribution in [1.82, 2.24) is 4.48 Å². The summed E-state index contributed by atoms with van der Waals surface area (Å²) in [6.07, 6.45) is 4.94. The Kier molecular flexibility index (Phi) is 5.52. The lowest BCUT2D eigenvalue weighted by atomic mass is 9.70. The molecule has 0 amide bonds. The molecule has 2 atom stereocenters. The van der Waals surface area contributed by atoms with E-state index in [1.165, 1.54) is 5.69 Å². The Morgan fingerprint density at radius 2 is 1.59 bits per heavy atom. The Balaban J connectivity index is 0.000000465. The monoisotopic (exact) mass is 393 g/mol. The number of carbonyl (C=O) groups is 1. The van der Waals surface area contributed by atoms with Crippen molar-refractivity contribution in [2.45, 2.75) is 33.6 Å². The molecule has 3 rings (SSSR count). The molecule has 150 valence electrons. The van der Waals surface area contributed by atoms with Gasteiger partial charge in [-0.2, -0.15) is 0 Å². The van der Waals surface area contributed by atoms with E-state index in [0.29, 0.717) is 18.0 Å². The summed E-state index contributed by atoms with van der Waals surface area (Å²) >= 11 is 0. The molecule has 6 heteroatoms. The molecule has 1 aromatic carbocycles. The summed E-state index contributed by atoms with van der Waals surface area (Å²) in [5.41, 5.74) is 3.40. The molecule has 0 aliphatic heterocycles. The van der Waals surface area contributed by atoms with Gasteiger partial charge in [0.1, 0.15) is 5.69 Å². The van der Waals surface area contributed by atoms with Gasteiger partial charge in [0.25, 0.3) is 0 Å². The largest absolute Gasteiger partial charge is 0.748 e. The summed E-state index contributed by atoms with van der Waals surface area (Å²) in [4.78, 5) is 12.9. The lowest BCUT2D eigenvalue weighted by Crippen LogP contribution is -2.34. The van der Waals surface area contributed by atoms with Crippen LogP contribution in [-0.2, 0) is 14.9 Å². The van der Waals surface area contributed by atoms with Crippen LogP contribution >= 0.6 is 0 Å². The van der Waals surface area contributed by atoms with Gasteiger partial charge in [-0.15, -0.1) is 0 Å². The number of carbonyl (C=O) groups excluding carboxylic acids is 1. The van der Waals surface area contributed by atoms with Crippen LogP contribution in [0, 0.1) is 16.7 Å². The highest BCUT2D eigenvalue weighted by molar-refractivity contribution is 7.84. The highest BCUT2D eigenvalue weighted by atomic mass is 32.2. The minimum absolute atomic E-state index is 0.0954. The fraction of sp³-hybridized carbons (Fsp3) is 0.571. The molecule has 2 aliphatic carbocycles. The van der Waals surface area contributed by atoms with Crippen LogP contribution in [-0.4, -0.2) is 46.2 Å². The van der Waals surface area contributed by atoms with Crippen LogP contribution in [0.2, 0.25) is 0 Å². The Bertz CT molecular complexity index is 852. The van der Waals surface area contributed by atoms with Crippen molar-refractivity contribution in [3.05, 3.63) is 35.4 Å². The minimum atomic E-state index is -3.92. The van der Waals surface area contributed by atoms with Crippen molar-refractivity contribution in [3.63, 3.8) is 0 Å². The van der Waals surface area contributed by atoms with E-state index in [4.69, 9.17) is 13.0 Å². The molecule has 2 aliphatic rings. The molecule has 0 radical (unpaired) electrons. The van der Waals surface area contributed by atoms with Crippen LogP contribution < -0.4 is 4.48 Å². The molecule has 0 saturated heterocycles. The van der Waals surface area contributed by atoms with Crippen molar-refractivity contribution in [2.24, 2.45) is 16.7 Å². The highest BCUT2D eigenvalue weighted by Gasteiger charge is 2.63. The second kappa shape index (κ2) is 6.83. The van der Waals surface area contributed by atoms with E-state index < -0.39 is 10.1 Å². The summed E-state index contributed by atoms with van der Waals surface area (Å²) in [5.74, 6) is 0.799. The average Bonchev–Trinajstić information content (AvgIpc) is 2.79. The quantitative estimate of drug-likeness (QED) is 0.438. The van der Waals surface area contributed by atoms with E-state index in [-0.39, 0.29) is 10.8 Å². The van der Waals surface area contributed by atoms with Gasteiger partial charge < -0.3 is 4.55 Å². The van der Waals surface area contributed by atoms with Crippen LogP contribution in [0.25, 0.3) is 6.08 Å². The first-order valence-electron chi connectivity index (χ1n) is 9.17. The van der Waals surface area contributed by atoms with Gasteiger partial charge in [0, 0.05) is 11.7 Å². The first-order valence-corrected chi connectivity index (χ1v) is 11.0. The van der Waals surface area contributed by atoms with Gasteiger partial charge in [-0.3, -0.25) is 9.28 Å². The fourth-order valence-corrected chi connectivity index (χ4v) is 4.29. The predicted molar refractivity (Wildman–Crippen MR) is 109 cm³/mol. The number of hydrogen-bond acceptors (Lipinski definition) is 4. The molecule has 2 fully saturated rings. The topological polar surface area (TPSA) is 74.3 Å². The second-order valence-corrected chi connectivity index (χ2v) is 10.8. The maximum Gasteiger partial charge on any atom is 0.165 e. The molecule has 0 N–H and O–H groups in total. The van der Waals surface area contributed by atoms with Gasteiger partial charge in [0.2, 0.25) is 0 Å². The van der Waals surface area contributed by atoms with E-state index in [1.807, 2.05) is 0 Å². The third kappa shape index (κ3) is 4.33. The van der Waals surface area contributed by atoms with Gasteiger partial charge in [0.05, 0.1) is 31.3 Å². The molecular weight excluding hydrogens is 362 g/mol. The SMILES string of the molecule is CC12CCC(C(=Cc3ccc([N+](C)(C)C)cc3)C1=O)C2(C)C.CS(=O)(=O)[O-]. The van der Waals surface area contributed by atoms with Crippen molar-refractivity contribution in [1.29, 1.82) is 0 Å². The Hall–Kier alpha value is -1.50. The molecule has 0 spiro atoms. The molecule has 2 unspecified atom stereocenters. The standard InChI is InChI=1S/C20H28NO.CH4O3S/c1-19(2)17-11-12-20(19,3)18(22)16(17)13-14-7-9-15(10-8-14)21(4,5)6;1-5(2,3)4/h7-10,13,17H,11-12H2,1-6H3;1H3,(H,2,3,4)/q+1;/p-1. The van der Waals surface area contributed by atoms with Gasteiger partial charge in [0.15, 0.2) is 5.78 Å². The zero-order valence-corrected chi connectivity index (χ0v) is 18.2. The van der Waals surface area contributed by atoms with E-state index >= 15 is 0 Å². The summed E-state index contributed by atoms with van der Waals surface area (Å²) in [6, 6.07) is 8.61. The molecule has 1 aromatic rings. The molecule has 2 saturated carbocycles. The van der Waals surface area contributed by atoms with E-state index in [2.05, 4.69) is 72.3 Å². The van der Waals surface area contributed by atoms with Crippen molar-refractivity contribution < 1.29 is 17.8 Å².